The standard InChI is InChI=1S/C15H21BF2O3/c1-10-6-7-12(19-9-13(17)18)11(8-10)16-20-14(2,3)15(4,5)21-16/h6-8,13H,9H2,1-5H3. The highest BCUT2D eigenvalue weighted by atomic mass is 19.3. The highest BCUT2D eigenvalue weighted by molar-refractivity contribution is 6.63. The van der Waals surface area contributed by atoms with Gasteiger partial charge in [-0.05, 0) is 40.7 Å². The van der Waals surface area contributed by atoms with Crippen molar-refractivity contribution in [2.45, 2.75) is 52.2 Å². The molecule has 0 amide bonds. The van der Waals surface area contributed by atoms with Crippen molar-refractivity contribution in [1.82, 2.24) is 0 Å². The fourth-order valence-corrected chi connectivity index (χ4v) is 2.11. The third-order valence-corrected chi connectivity index (χ3v) is 4.04. The molecule has 0 aliphatic carbocycles. The third kappa shape index (κ3) is 3.38. The summed E-state index contributed by atoms with van der Waals surface area (Å²) in [7, 11) is -0.623. The molecule has 3 nitrogen and oxygen atoms in total. The lowest BCUT2D eigenvalue weighted by atomic mass is 9.77. The fourth-order valence-electron chi connectivity index (χ4n) is 2.11. The summed E-state index contributed by atoms with van der Waals surface area (Å²) in [6.45, 7) is 9.07. The molecule has 1 aliphatic heterocycles. The molecule has 0 saturated carbocycles. The van der Waals surface area contributed by atoms with Crippen LogP contribution in [0.5, 0.6) is 5.75 Å². The van der Waals surface area contributed by atoms with Crippen LogP contribution in [0, 0.1) is 6.92 Å². The Bertz CT molecular complexity index is 502. The Balaban J connectivity index is 2.29. The van der Waals surface area contributed by atoms with Crippen LogP contribution in [0.15, 0.2) is 18.2 Å². The summed E-state index contributed by atoms with van der Waals surface area (Å²) in [4.78, 5) is 0. The van der Waals surface area contributed by atoms with Crippen LogP contribution in [0.3, 0.4) is 0 Å². The van der Waals surface area contributed by atoms with Crippen LogP contribution in [0.25, 0.3) is 0 Å². The Kier molecular flexibility index (Phi) is 4.31. The molecule has 116 valence electrons. The van der Waals surface area contributed by atoms with Gasteiger partial charge in [0.1, 0.15) is 12.4 Å². The van der Waals surface area contributed by atoms with Crippen LogP contribution in [0.2, 0.25) is 0 Å². The van der Waals surface area contributed by atoms with Gasteiger partial charge < -0.3 is 14.0 Å². The Hall–Kier alpha value is -1.14. The van der Waals surface area contributed by atoms with Crippen molar-refractivity contribution in [1.29, 1.82) is 0 Å². The Morgan fingerprint density at radius 3 is 2.24 bits per heavy atom. The normalized spacial score (nSPS) is 20.1. The SMILES string of the molecule is Cc1ccc(OCC(F)F)c(B2OC(C)(C)C(C)(C)O2)c1. The molecule has 0 atom stereocenters. The molecule has 1 heterocycles. The zero-order valence-electron chi connectivity index (χ0n) is 13.1. The summed E-state index contributed by atoms with van der Waals surface area (Å²) in [5.41, 5.74) is 0.668. The van der Waals surface area contributed by atoms with Crippen molar-refractivity contribution in [3.63, 3.8) is 0 Å². The number of halogens is 2. The molecule has 1 saturated heterocycles. The molecule has 0 aromatic heterocycles. The third-order valence-electron chi connectivity index (χ3n) is 4.04. The highest BCUT2D eigenvalue weighted by Crippen LogP contribution is 2.37. The van der Waals surface area contributed by atoms with E-state index in [-0.39, 0.29) is 0 Å². The van der Waals surface area contributed by atoms with Gasteiger partial charge in [-0.3, -0.25) is 0 Å². The Labute approximate surface area is 124 Å². The van der Waals surface area contributed by atoms with Gasteiger partial charge in [0.15, 0.2) is 0 Å². The molecule has 1 aliphatic rings. The van der Waals surface area contributed by atoms with E-state index in [2.05, 4.69) is 0 Å². The van der Waals surface area contributed by atoms with E-state index in [0.29, 0.717) is 11.2 Å². The van der Waals surface area contributed by atoms with E-state index in [4.69, 9.17) is 14.0 Å². The highest BCUT2D eigenvalue weighted by Gasteiger charge is 2.52. The smallest absolute Gasteiger partial charge is 0.488 e. The zero-order chi connectivity index (χ0) is 15.8. The molecule has 0 bridgehead atoms. The average molecular weight is 298 g/mol. The first kappa shape index (κ1) is 16.2. The van der Waals surface area contributed by atoms with Crippen LogP contribution in [-0.4, -0.2) is 31.4 Å². The Morgan fingerprint density at radius 1 is 1.14 bits per heavy atom. The van der Waals surface area contributed by atoms with Crippen LogP contribution < -0.4 is 10.2 Å². The molecule has 1 aromatic rings. The summed E-state index contributed by atoms with van der Waals surface area (Å²) >= 11 is 0. The van der Waals surface area contributed by atoms with Gasteiger partial charge in [-0.15, -0.1) is 0 Å². The largest absolute Gasteiger partial charge is 0.498 e. The summed E-state index contributed by atoms with van der Waals surface area (Å²) in [6, 6.07) is 5.34. The summed E-state index contributed by atoms with van der Waals surface area (Å²) in [6.07, 6.45) is -2.52. The zero-order valence-corrected chi connectivity index (χ0v) is 13.1. The second-order valence-electron chi connectivity index (χ2n) is 6.33. The summed E-state index contributed by atoms with van der Waals surface area (Å²) < 4.78 is 41.9. The maximum atomic E-state index is 12.4. The van der Waals surface area contributed by atoms with Crippen molar-refractivity contribution in [2.75, 3.05) is 6.61 Å². The van der Waals surface area contributed by atoms with Crippen LogP contribution >= 0.6 is 0 Å². The average Bonchev–Trinajstić information content (AvgIpc) is 2.56. The quantitative estimate of drug-likeness (QED) is 0.800. The first-order valence-corrected chi connectivity index (χ1v) is 6.99. The molecular weight excluding hydrogens is 277 g/mol. The number of ether oxygens (including phenoxy) is 1. The topological polar surface area (TPSA) is 27.7 Å². The molecule has 2 rings (SSSR count). The van der Waals surface area contributed by atoms with Crippen molar-refractivity contribution in [3.05, 3.63) is 23.8 Å². The lowest BCUT2D eigenvalue weighted by Gasteiger charge is -2.32. The van der Waals surface area contributed by atoms with Crippen molar-refractivity contribution in [2.24, 2.45) is 0 Å². The van der Waals surface area contributed by atoms with E-state index in [1.54, 1.807) is 6.07 Å². The molecule has 1 aromatic carbocycles. The minimum atomic E-state index is -2.52. The second kappa shape index (κ2) is 5.57. The van der Waals surface area contributed by atoms with Gasteiger partial charge in [-0.1, -0.05) is 17.7 Å². The van der Waals surface area contributed by atoms with Gasteiger partial charge in [-0.25, -0.2) is 8.78 Å². The second-order valence-corrected chi connectivity index (χ2v) is 6.33. The van der Waals surface area contributed by atoms with Crippen molar-refractivity contribution < 1.29 is 22.8 Å². The molecule has 0 N–H and O–H groups in total. The summed E-state index contributed by atoms with van der Waals surface area (Å²) in [5, 5.41) is 0. The molecule has 21 heavy (non-hydrogen) atoms. The molecule has 0 radical (unpaired) electrons. The van der Waals surface area contributed by atoms with Gasteiger partial charge in [0, 0.05) is 5.46 Å². The number of aryl methyl sites for hydroxylation is 1. The number of alkyl halides is 2. The van der Waals surface area contributed by atoms with E-state index in [0.717, 1.165) is 5.56 Å². The predicted octanol–water partition coefficient (Wildman–Crippen LogP) is 2.94. The minimum absolute atomic E-state index is 0.374. The van der Waals surface area contributed by atoms with Gasteiger partial charge >= 0.3 is 7.12 Å². The molecule has 0 spiro atoms. The van der Waals surface area contributed by atoms with Gasteiger partial charge in [0.2, 0.25) is 0 Å². The van der Waals surface area contributed by atoms with E-state index in [9.17, 15) is 8.78 Å². The lowest BCUT2D eigenvalue weighted by Crippen LogP contribution is -2.41. The molecular formula is C15H21BF2O3. The van der Waals surface area contributed by atoms with Gasteiger partial charge in [0.25, 0.3) is 6.43 Å². The van der Waals surface area contributed by atoms with E-state index in [1.807, 2.05) is 46.8 Å². The molecule has 0 unspecified atom stereocenters. The van der Waals surface area contributed by atoms with E-state index < -0.39 is 31.4 Å². The minimum Gasteiger partial charge on any atom is -0.488 e. The Morgan fingerprint density at radius 2 is 1.71 bits per heavy atom. The number of rotatable bonds is 4. The predicted molar refractivity (Wildman–Crippen MR) is 78.4 cm³/mol. The maximum absolute atomic E-state index is 12.4. The number of hydrogen-bond acceptors (Lipinski definition) is 3. The van der Waals surface area contributed by atoms with Crippen molar-refractivity contribution >= 4 is 12.6 Å². The number of benzene rings is 1. The van der Waals surface area contributed by atoms with Crippen LogP contribution in [-0.2, 0) is 9.31 Å². The maximum Gasteiger partial charge on any atom is 0.498 e. The number of hydrogen-bond donors (Lipinski definition) is 0. The monoisotopic (exact) mass is 298 g/mol. The van der Waals surface area contributed by atoms with Crippen LogP contribution in [0.4, 0.5) is 8.78 Å². The van der Waals surface area contributed by atoms with Gasteiger partial charge in [0.05, 0.1) is 11.2 Å². The molecule has 6 heteroatoms. The van der Waals surface area contributed by atoms with E-state index >= 15 is 0 Å². The van der Waals surface area contributed by atoms with Crippen LogP contribution in [0.1, 0.15) is 33.3 Å². The molecule has 1 fully saturated rings. The van der Waals surface area contributed by atoms with Crippen molar-refractivity contribution in [3.8, 4) is 5.75 Å². The fraction of sp³-hybridized carbons (Fsp3) is 0.600. The van der Waals surface area contributed by atoms with E-state index in [1.165, 1.54) is 0 Å². The first-order chi connectivity index (χ1) is 9.62. The first-order valence-electron chi connectivity index (χ1n) is 6.99. The summed E-state index contributed by atoms with van der Waals surface area (Å²) in [5.74, 6) is 0.374. The lowest BCUT2D eigenvalue weighted by molar-refractivity contribution is 0.00578. The van der Waals surface area contributed by atoms with Gasteiger partial charge in [-0.2, -0.15) is 0 Å².